The van der Waals surface area contributed by atoms with Gasteiger partial charge >= 0.3 is 0 Å². The van der Waals surface area contributed by atoms with Crippen molar-refractivity contribution in [1.29, 1.82) is 5.26 Å². The fraction of sp³-hybridized carbons (Fsp3) is 0.167. The number of nitrogens with zero attached hydrogens (tertiary/aromatic N) is 2. The Kier molecular flexibility index (Phi) is 3.55. The Hall–Kier alpha value is -1.37. The second-order valence-electron chi connectivity index (χ2n) is 3.36. The number of thiazole rings is 1. The minimum absolute atomic E-state index is 0.438. The number of nitriles is 1. The van der Waals surface area contributed by atoms with Crippen LogP contribution in [0, 0.1) is 11.3 Å². The smallest absolute Gasteiger partial charge is 0.0971 e. The van der Waals surface area contributed by atoms with E-state index in [4.69, 9.17) is 16.9 Å². The van der Waals surface area contributed by atoms with Crippen molar-refractivity contribution in [3.63, 3.8) is 0 Å². The number of hydrogen-bond donors (Lipinski definition) is 0. The molecule has 16 heavy (non-hydrogen) atoms. The highest BCUT2D eigenvalue weighted by atomic mass is 35.5. The van der Waals surface area contributed by atoms with Crippen molar-refractivity contribution >= 4 is 22.9 Å². The van der Waals surface area contributed by atoms with Gasteiger partial charge in [0, 0.05) is 22.5 Å². The van der Waals surface area contributed by atoms with E-state index in [1.165, 1.54) is 0 Å². The predicted octanol–water partition coefficient (Wildman–Crippen LogP) is 3.45. The molecule has 0 N–H and O–H groups in total. The first kappa shape index (κ1) is 11.1. The Morgan fingerprint density at radius 2 is 2.31 bits per heavy atom. The Labute approximate surface area is 103 Å². The summed E-state index contributed by atoms with van der Waals surface area (Å²) in [6.07, 6.45) is 2.98. The van der Waals surface area contributed by atoms with Crippen LogP contribution in [0.1, 0.15) is 15.4 Å². The summed E-state index contributed by atoms with van der Waals surface area (Å²) >= 11 is 7.49. The number of rotatable bonds is 3. The highest BCUT2D eigenvalue weighted by Crippen LogP contribution is 2.19. The van der Waals surface area contributed by atoms with Crippen LogP contribution in [-0.2, 0) is 12.8 Å². The minimum Gasteiger partial charge on any atom is -0.249 e. The van der Waals surface area contributed by atoms with Gasteiger partial charge in [0.05, 0.1) is 17.5 Å². The minimum atomic E-state index is 0.438. The summed E-state index contributed by atoms with van der Waals surface area (Å²) in [5, 5.41) is 10.3. The van der Waals surface area contributed by atoms with Crippen LogP contribution >= 0.6 is 22.9 Å². The highest BCUT2D eigenvalue weighted by molar-refractivity contribution is 7.11. The van der Waals surface area contributed by atoms with Gasteiger partial charge in [-0.25, -0.2) is 4.98 Å². The summed E-state index contributed by atoms with van der Waals surface area (Å²) < 4.78 is 0. The van der Waals surface area contributed by atoms with Gasteiger partial charge in [0.2, 0.25) is 0 Å². The third kappa shape index (κ3) is 2.82. The zero-order chi connectivity index (χ0) is 11.4. The summed E-state index contributed by atoms with van der Waals surface area (Å²) in [6, 6.07) is 9.87. The van der Waals surface area contributed by atoms with E-state index in [1.807, 2.05) is 24.3 Å². The molecule has 2 nitrogen and oxygen atoms in total. The third-order valence-corrected chi connectivity index (χ3v) is 3.33. The van der Waals surface area contributed by atoms with E-state index in [0.717, 1.165) is 26.9 Å². The second-order valence-corrected chi connectivity index (χ2v) is 5.00. The van der Waals surface area contributed by atoms with E-state index >= 15 is 0 Å². The van der Waals surface area contributed by atoms with E-state index in [9.17, 15) is 0 Å². The number of hydrogen-bond acceptors (Lipinski definition) is 3. The van der Waals surface area contributed by atoms with Gasteiger partial charge in [0.15, 0.2) is 0 Å². The van der Waals surface area contributed by atoms with Gasteiger partial charge in [-0.3, -0.25) is 0 Å². The zero-order valence-electron chi connectivity index (χ0n) is 8.48. The lowest BCUT2D eigenvalue weighted by atomic mass is 10.2. The number of halogens is 1. The summed E-state index contributed by atoms with van der Waals surface area (Å²) in [5.74, 6) is 0. The van der Waals surface area contributed by atoms with E-state index in [2.05, 4.69) is 11.1 Å². The quantitative estimate of drug-likeness (QED) is 0.834. The molecule has 0 saturated carbocycles. The normalized spacial score (nSPS) is 10.0. The Bertz CT molecular complexity index is 528. The lowest BCUT2D eigenvalue weighted by Gasteiger charge is -1.97. The molecule has 0 spiro atoms. The molecule has 80 valence electrons. The molecular weight excluding hydrogens is 240 g/mol. The zero-order valence-corrected chi connectivity index (χ0v) is 10.1. The summed E-state index contributed by atoms with van der Waals surface area (Å²) in [5.41, 5.74) is 1.14. The van der Waals surface area contributed by atoms with Crippen LogP contribution in [0.5, 0.6) is 0 Å². The molecule has 0 aliphatic carbocycles. The largest absolute Gasteiger partial charge is 0.249 e. The van der Waals surface area contributed by atoms with Crippen LogP contribution < -0.4 is 0 Å². The monoisotopic (exact) mass is 248 g/mol. The molecule has 2 rings (SSSR count). The van der Waals surface area contributed by atoms with Crippen LogP contribution in [-0.4, -0.2) is 4.98 Å². The van der Waals surface area contributed by atoms with Gasteiger partial charge in [-0.05, 0) is 17.7 Å². The Balaban J connectivity index is 2.12. The van der Waals surface area contributed by atoms with Gasteiger partial charge in [-0.15, -0.1) is 11.3 Å². The van der Waals surface area contributed by atoms with Crippen LogP contribution in [0.2, 0.25) is 5.02 Å². The van der Waals surface area contributed by atoms with Crippen molar-refractivity contribution in [1.82, 2.24) is 4.98 Å². The molecule has 0 aliphatic heterocycles. The van der Waals surface area contributed by atoms with Gasteiger partial charge in [0.25, 0.3) is 0 Å². The summed E-state index contributed by atoms with van der Waals surface area (Å²) in [4.78, 5) is 5.30. The van der Waals surface area contributed by atoms with Crippen molar-refractivity contribution in [2.24, 2.45) is 0 Å². The van der Waals surface area contributed by atoms with Crippen LogP contribution in [0.15, 0.2) is 30.5 Å². The molecule has 2 aromatic rings. The van der Waals surface area contributed by atoms with Gasteiger partial charge in [-0.2, -0.15) is 5.26 Å². The van der Waals surface area contributed by atoms with Crippen molar-refractivity contribution < 1.29 is 0 Å². The second kappa shape index (κ2) is 5.11. The first-order valence-corrected chi connectivity index (χ1v) is 6.02. The average molecular weight is 249 g/mol. The lowest BCUT2D eigenvalue weighted by Crippen LogP contribution is -1.85. The molecule has 4 heteroatoms. The molecule has 0 fully saturated rings. The fourth-order valence-electron chi connectivity index (χ4n) is 1.41. The van der Waals surface area contributed by atoms with E-state index in [1.54, 1.807) is 17.5 Å². The molecule has 0 atom stereocenters. The first-order valence-electron chi connectivity index (χ1n) is 4.83. The van der Waals surface area contributed by atoms with E-state index < -0.39 is 0 Å². The molecule has 0 aliphatic rings. The highest BCUT2D eigenvalue weighted by Gasteiger charge is 2.03. The molecule has 1 heterocycles. The van der Waals surface area contributed by atoms with Crippen molar-refractivity contribution in [2.75, 3.05) is 0 Å². The van der Waals surface area contributed by atoms with E-state index in [-0.39, 0.29) is 0 Å². The maximum Gasteiger partial charge on any atom is 0.0971 e. The van der Waals surface area contributed by atoms with Gasteiger partial charge in [-0.1, -0.05) is 23.7 Å². The molecular formula is C12H9ClN2S. The topological polar surface area (TPSA) is 36.7 Å². The number of aromatic nitrogens is 1. The molecule has 0 radical (unpaired) electrons. The maximum atomic E-state index is 8.57. The molecule has 0 amide bonds. The first-order chi connectivity index (χ1) is 7.78. The van der Waals surface area contributed by atoms with Crippen LogP contribution in [0.4, 0.5) is 0 Å². The fourth-order valence-corrected chi connectivity index (χ4v) is 2.51. The van der Waals surface area contributed by atoms with Gasteiger partial charge < -0.3 is 0 Å². The number of benzene rings is 1. The lowest BCUT2D eigenvalue weighted by molar-refractivity contribution is 1.13. The molecule has 1 aromatic heterocycles. The van der Waals surface area contributed by atoms with E-state index in [0.29, 0.717) is 6.42 Å². The van der Waals surface area contributed by atoms with Crippen molar-refractivity contribution in [3.05, 3.63) is 50.9 Å². The molecule has 0 unspecified atom stereocenters. The van der Waals surface area contributed by atoms with Crippen molar-refractivity contribution in [3.8, 4) is 6.07 Å². The van der Waals surface area contributed by atoms with Crippen LogP contribution in [0.3, 0.4) is 0 Å². The molecule has 1 aromatic carbocycles. The average Bonchev–Trinajstić information content (AvgIpc) is 2.66. The SMILES string of the molecule is N#CCc1cnc(Cc2cccc(Cl)c2)s1. The molecule has 0 bridgehead atoms. The standard InChI is InChI=1S/C12H9ClN2S/c13-10-3-1-2-9(6-10)7-12-15-8-11(16-12)4-5-14/h1-3,6,8H,4,7H2. The Morgan fingerprint density at radius 3 is 3.06 bits per heavy atom. The summed E-state index contributed by atoms with van der Waals surface area (Å²) in [7, 11) is 0. The van der Waals surface area contributed by atoms with Crippen LogP contribution in [0.25, 0.3) is 0 Å². The molecule has 0 saturated heterocycles. The van der Waals surface area contributed by atoms with Gasteiger partial charge in [0.1, 0.15) is 0 Å². The maximum absolute atomic E-state index is 8.57. The van der Waals surface area contributed by atoms with Crippen molar-refractivity contribution in [2.45, 2.75) is 12.8 Å². The third-order valence-electron chi connectivity index (χ3n) is 2.10. The summed E-state index contributed by atoms with van der Waals surface area (Å²) in [6.45, 7) is 0. The predicted molar refractivity (Wildman–Crippen MR) is 65.7 cm³/mol. The Morgan fingerprint density at radius 1 is 1.44 bits per heavy atom.